The predicted molar refractivity (Wildman–Crippen MR) is 66.0 cm³/mol. The second-order valence-corrected chi connectivity index (χ2v) is 3.83. The smallest absolute Gasteiger partial charge is 0.414 e. The average Bonchev–Trinajstić information content (AvgIpc) is 2.74. The summed E-state index contributed by atoms with van der Waals surface area (Å²) in [5.41, 5.74) is 1.25. The number of anilines is 2. The minimum atomic E-state index is -0.388. The Kier molecular flexibility index (Phi) is 3.36. The van der Waals surface area contributed by atoms with Crippen molar-refractivity contribution in [2.75, 3.05) is 30.5 Å². The van der Waals surface area contributed by atoms with Gasteiger partial charge >= 0.3 is 6.09 Å². The van der Waals surface area contributed by atoms with E-state index in [1.165, 1.54) is 18.9 Å². The molecule has 0 saturated carbocycles. The van der Waals surface area contributed by atoms with Gasteiger partial charge in [0.25, 0.3) is 0 Å². The van der Waals surface area contributed by atoms with Crippen molar-refractivity contribution in [3.8, 4) is 5.75 Å². The molecular weight excluding hydrogens is 236 g/mol. The molecule has 1 aliphatic rings. The van der Waals surface area contributed by atoms with Crippen LogP contribution in [0.15, 0.2) is 18.2 Å². The summed E-state index contributed by atoms with van der Waals surface area (Å²) in [6.07, 6.45) is -0.388. The second kappa shape index (κ2) is 4.95. The van der Waals surface area contributed by atoms with Crippen LogP contribution in [0.25, 0.3) is 0 Å². The Labute approximate surface area is 104 Å². The van der Waals surface area contributed by atoms with E-state index in [2.05, 4.69) is 5.32 Å². The molecule has 1 N–H and O–H groups in total. The number of benzene rings is 1. The van der Waals surface area contributed by atoms with E-state index in [0.29, 0.717) is 30.3 Å². The molecule has 1 saturated heterocycles. The maximum Gasteiger partial charge on any atom is 0.414 e. The summed E-state index contributed by atoms with van der Waals surface area (Å²) >= 11 is 0. The summed E-state index contributed by atoms with van der Waals surface area (Å²) in [7, 11) is 1.51. The normalized spacial score (nSPS) is 14.3. The number of hydrogen-bond acceptors (Lipinski definition) is 4. The van der Waals surface area contributed by atoms with Crippen LogP contribution in [0.1, 0.15) is 6.92 Å². The number of amides is 2. The first-order chi connectivity index (χ1) is 8.61. The molecule has 1 aromatic rings. The van der Waals surface area contributed by atoms with Crippen LogP contribution in [0.2, 0.25) is 0 Å². The lowest BCUT2D eigenvalue weighted by Gasteiger charge is -2.17. The average molecular weight is 250 g/mol. The summed E-state index contributed by atoms with van der Waals surface area (Å²) in [4.78, 5) is 23.9. The molecule has 2 rings (SSSR count). The Balaban J connectivity index is 2.31. The van der Waals surface area contributed by atoms with Crippen LogP contribution in [0, 0.1) is 0 Å². The number of nitrogens with one attached hydrogen (secondary N) is 1. The molecule has 18 heavy (non-hydrogen) atoms. The van der Waals surface area contributed by atoms with Gasteiger partial charge in [0.05, 0.1) is 19.3 Å². The third kappa shape index (κ3) is 2.37. The molecule has 0 atom stereocenters. The van der Waals surface area contributed by atoms with Crippen molar-refractivity contribution in [2.24, 2.45) is 0 Å². The molecule has 0 bridgehead atoms. The van der Waals surface area contributed by atoms with Crippen molar-refractivity contribution in [1.82, 2.24) is 0 Å². The molecule has 1 fully saturated rings. The summed E-state index contributed by atoms with van der Waals surface area (Å²) < 4.78 is 10.1. The zero-order valence-corrected chi connectivity index (χ0v) is 10.2. The van der Waals surface area contributed by atoms with Crippen molar-refractivity contribution >= 4 is 23.4 Å². The van der Waals surface area contributed by atoms with Gasteiger partial charge in [-0.2, -0.15) is 0 Å². The van der Waals surface area contributed by atoms with Gasteiger partial charge in [0.15, 0.2) is 0 Å². The van der Waals surface area contributed by atoms with E-state index < -0.39 is 0 Å². The molecule has 1 heterocycles. The minimum absolute atomic E-state index is 0.162. The number of ether oxygens (including phenoxy) is 2. The number of carbonyl (C=O) groups excluding carboxylic acids is 2. The highest BCUT2D eigenvalue weighted by molar-refractivity contribution is 5.93. The van der Waals surface area contributed by atoms with Gasteiger partial charge < -0.3 is 14.8 Å². The molecule has 0 radical (unpaired) electrons. The van der Waals surface area contributed by atoms with E-state index in [9.17, 15) is 9.59 Å². The monoisotopic (exact) mass is 250 g/mol. The Morgan fingerprint density at radius 1 is 1.50 bits per heavy atom. The van der Waals surface area contributed by atoms with Gasteiger partial charge in [0.1, 0.15) is 12.4 Å². The van der Waals surface area contributed by atoms with Gasteiger partial charge in [-0.25, -0.2) is 4.79 Å². The molecule has 96 valence electrons. The molecule has 6 nitrogen and oxygen atoms in total. The molecule has 0 unspecified atom stereocenters. The lowest BCUT2D eigenvalue weighted by molar-refractivity contribution is -0.114. The number of cyclic esters (lactones) is 1. The maximum atomic E-state index is 11.5. The van der Waals surface area contributed by atoms with E-state index in [1.807, 2.05) is 0 Å². The molecular formula is C12H14N2O4. The highest BCUT2D eigenvalue weighted by Gasteiger charge is 2.26. The SMILES string of the molecule is COc1cc(NC(C)=O)ccc1N1CCOC1=O. The number of carbonyl (C=O) groups is 2. The Morgan fingerprint density at radius 2 is 2.28 bits per heavy atom. The van der Waals surface area contributed by atoms with Gasteiger partial charge in [0.2, 0.25) is 5.91 Å². The molecule has 0 aromatic heterocycles. The van der Waals surface area contributed by atoms with Crippen LogP contribution in [0.4, 0.5) is 16.2 Å². The third-order valence-electron chi connectivity index (χ3n) is 2.55. The standard InChI is InChI=1S/C12H14N2O4/c1-8(15)13-9-3-4-10(11(7-9)17-2)14-5-6-18-12(14)16/h3-4,7H,5-6H2,1-2H3,(H,13,15). The summed E-state index contributed by atoms with van der Waals surface area (Å²) in [6, 6.07) is 5.10. The van der Waals surface area contributed by atoms with Crippen LogP contribution in [0.3, 0.4) is 0 Å². The molecule has 1 aliphatic heterocycles. The Bertz CT molecular complexity index is 487. The fraction of sp³-hybridized carbons (Fsp3) is 0.333. The highest BCUT2D eigenvalue weighted by Crippen LogP contribution is 2.32. The van der Waals surface area contributed by atoms with Crippen molar-refractivity contribution < 1.29 is 19.1 Å². The first kappa shape index (κ1) is 12.2. The first-order valence-electron chi connectivity index (χ1n) is 5.51. The molecule has 6 heteroatoms. The van der Waals surface area contributed by atoms with Gasteiger partial charge in [-0.15, -0.1) is 0 Å². The van der Waals surface area contributed by atoms with Gasteiger partial charge in [-0.1, -0.05) is 0 Å². The van der Waals surface area contributed by atoms with Crippen LogP contribution in [-0.2, 0) is 9.53 Å². The fourth-order valence-corrected chi connectivity index (χ4v) is 1.79. The van der Waals surface area contributed by atoms with E-state index in [-0.39, 0.29) is 12.0 Å². The van der Waals surface area contributed by atoms with Crippen molar-refractivity contribution in [3.05, 3.63) is 18.2 Å². The zero-order valence-electron chi connectivity index (χ0n) is 10.2. The summed E-state index contributed by atoms with van der Waals surface area (Å²) in [6.45, 7) is 2.29. The van der Waals surface area contributed by atoms with Crippen LogP contribution in [0.5, 0.6) is 5.75 Å². The third-order valence-corrected chi connectivity index (χ3v) is 2.55. The van der Waals surface area contributed by atoms with Crippen LogP contribution in [-0.4, -0.2) is 32.3 Å². The van der Waals surface area contributed by atoms with Gasteiger partial charge in [-0.05, 0) is 12.1 Å². The Hall–Kier alpha value is -2.24. The molecule has 0 aliphatic carbocycles. The Morgan fingerprint density at radius 3 is 2.83 bits per heavy atom. The van der Waals surface area contributed by atoms with E-state index in [0.717, 1.165) is 0 Å². The maximum absolute atomic E-state index is 11.5. The van der Waals surface area contributed by atoms with E-state index >= 15 is 0 Å². The zero-order chi connectivity index (χ0) is 13.1. The largest absolute Gasteiger partial charge is 0.494 e. The lowest BCUT2D eigenvalue weighted by Crippen LogP contribution is -2.23. The summed E-state index contributed by atoms with van der Waals surface area (Å²) in [5, 5.41) is 2.65. The second-order valence-electron chi connectivity index (χ2n) is 3.83. The minimum Gasteiger partial charge on any atom is -0.494 e. The number of rotatable bonds is 3. The van der Waals surface area contributed by atoms with Gasteiger partial charge in [0, 0.05) is 18.7 Å². The van der Waals surface area contributed by atoms with Crippen LogP contribution < -0.4 is 15.0 Å². The highest BCUT2D eigenvalue weighted by atomic mass is 16.6. The summed E-state index contributed by atoms with van der Waals surface area (Å²) in [5.74, 6) is 0.352. The first-order valence-corrected chi connectivity index (χ1v) is 5.51. The van der Waals surface area contributed by atoms with Crippen molar-refractivity contribution in [2.45, 2.75) is 6.92 Å². The number of hydrogen-bond donors (Lipinski definition) is 1. The topological polar surface area (TPSA) is 67.9 Å². The van der Waals surface area contributed by atoms with E-state index in [4.69, 9.17) is 9.47 Å². The molecule has 2 amide bonds. The number of methoxy groups -OCH3 is 1. The van der Waals surface area contributed by atoms with Crippen molar-refractivity contribution in [1.29, 1.82) is 0 Å². The quantitative estimate of drug-likeness (QED) is 0.885. The molecule has 0 spiro atoms. The lowest BCUT2D eigenvalue weighted by atomic mass is 10.2. The van der Waals surface area contributed by atoms with Gasteiger partial charge in [-0.3, -0.25) is 9.69 Å². The van der Waals surface area contributed by atoms with Crippen molar-refractivity contribution in [3.63, 3.8) is 0 Å². The predicted octanol–water partition coefficient (Wildman–Crippen LogP) is 1.61. The van der Waals surface area contributed by atoms with Crippen LogP contribution >= 0.6 is 0 Å². The number of nitrogens with zero attached hydrogens (tertiary/aromatic N) is 1. The van der Waals surface area contributed by atoms with E-state index in [1.54, 1.807) is 18.2 Å². The molecule has 1 aromatic carbocycles. The fourth-order valence-electron chi connectivity index (χ4n) is 1.79.